The van der Waals surface area contributed by atoms with Crippen LogP contribution >= 0.6 is 0 Å². The van der Waals surface area contributed by atoms with E-state index in [-0.39, 0.29) is 18.3 Å². The standard InChI is InChI=1S/C22H23NO6/c1-14(24)17-8-9-19(20(12-17)27-3)28-13-21(25)29-15(2)22(26)23-11-10-16-6-4-5-7-18(16)23/h4-9,12,15H,10-11,13H2,1-3H3/t15-/m1/s1. The van der Waals surface area contributed by atoms with Crippen LogP contribution in [0.5, 0.6) is 11.5 Å². The Bertz CT molecular complexity index is 939. The molecule has 152 valence electrons. The Morgan fingerprint density at radius 1 is 1.10 bits per heavy atom. The van der Waals surface area contributed by atoms with Gasteiger partial charge in [0.25, 0.3) is 5.91 Å². The Kier molecular flexibility index (Phi) is 6.16. The van der Waals surface area contributed by atoms with Crippen molar-refractivity contribution in [3.8, 4) is 11.5 Å². The van der Waals surface area contributed by atoms with E-state index in [0.29, 0.717) is 23.6 Å². The van der Waals surface area contributed by atoms with Crippen LogP contribution in [0.4, 0.5) is 5.69 Å². The number of para-hydroxylation sites is 1. The van der Waals surface area contributed by atoms with Crippen molar-refractivity contribution in [2.75, 3.05) is 25.2 Å². The number of fused-ring (bicyclic) bond motifs is 1. The van der Waals surface area contributed by atoms with Crippen LogP contribution in [0.3, 0.4) is 0 Å². The molecule has 0 radical (unpaired) electrons. The van der Waals surface area contributed by atoms with Crippen molar-refractivity contribution < 1.29 is 28.6 Å². The van der Waals surface area contributed by atoms with Crippen LogP contribution in [-0.2, 0) is 20.7 Å². The van der Waals surface area contributed by atoms with Crippen LogP contribution in [0.1, 0.15) is 29.8 Å². The molecule has 3 rings (SSSR count). The highest BCUT2D eigenvalue weighted by molar-refractivity contribution is 5.99. The zero-order valence-electron chi connectivity index (χ0n) is 16.6. The molecule has 7 nitrogen and oxygen atoms in total. The van der Waals surface area contributed by atoms with Crippen molar-refractivity contribution in [3.05, 3.63) is 53.6 Å². The van der Waals surface area contributed by atoms with Gasteiger partial charge in [-0.3, -0.25) is 9.59 Å². The highest BCUT2D eigenvalue weighted by atomic mass is 16.6. The minimum absolute atomic E-state index is 0.106. The van der Waals surface area contributed by atoms with E-state index in [4.69, 9.17) is 14.2 Å². The van der Waals surface area contributed by atoms with E-state index in [1.165, 1.54) is 14.0 Å². The molecule has 2 aromatic carbocycles. The van der Waals surface area contributed by atoms with Gasteiger partial charge in [0, 0.05) is 17.8 Å². The molecule has 0 fully saturated rings. The number of hydrogen-bond acceptors (Lipinski definition) is 6. The summed E-state index contributed by atoms with van der Waals surface area (Å²) in [6.45, 7) is 3.17. The first-order chi connectivity index (χ1) is 13.9. The quantitative estimate of drug-likeness (QED) is 0.528. The van der Waals surface area contributed by atoms with Crippen LogP contribution in [0, 0.1) is 0 Å². The van der Waals surface area contributed by atoms with Gasteiger partial charge in [0.2, 0.25) is 0 Å². The number of amides is 1. The number of anilines is 1. The predicted octanol–water partition coefficient (Wildman–Crippen LogP) is 2.80. The van der Waals surface area contributed by atoms with Crippen molar-refractivity contribution >= 4 is 23.3 Å². The van der Waals surface area contributed by atoms with Gasteiger partial charge in [-0.05, 0) is 50.1 Å². The number of carbonyl (C=O) groups is 3. The third-order valence-corrected chi connectivity index (χ3v) is 4.72. The fraction of sp³-hybridized carbons (Fsp3) is 0.318. The lowest BCUT2D eigenvalue weighted by Gasteiger charge is -2.21. The molecule has 1 aliphatic rings. The van der Waals surface area contributed by atoms with E-state index in [1.54, 1.807) is 30.0 Å². The molecule has 1 atom stereocenters. The van der Waals surface area contributed by atoms with E-state index >= 15 is 0 Å². The molecule has 29 heavy (non-hydrogen) atoms. The first kappa shape index (κ1) is 20.4. The maximum Gasteiger partial charge on any atom is 0.344 e. The van der Waals surface area contributed by atoms with Crippen molar-refractivity contribution in [3.63, 3.8) is 0 Å². The van der Waals surface area contributed by atoms with E-state index in [2.05, 4.69) is 0 Å². The number of ether oxygens (including phenoxy) is 3. The number of carbonyl (C=O) groups excluding carboxylic acids is 3. The lowest BCUT2D eigenvalue weighted by atomic mass is 10.1. The molecule has 0 spiro atoms. The van der Waals surface area contributed by atoms with Gasteiger partial charge < -0.3 is 19.1 Å². The van der Waals surface area contributed by atoms with Gasteiger partial charge in [-0.15, -0.1) is 0 Å². The minimum Gasteiger partial charge on any atom is -0.493 e. The van der Waals surface area contributed by atoms with E-state index in [0.717, 1.165) is 17.7 Å². The van der Waals surface area contributed by atoms with Gasteiger partial charge in [-0.25, -0.2) is 4.79 Å². The number of hydrogen-bond donors (Lipinski definition) is 0. The minimum atomic E-state index is -0.931. The third-order valence-electron chi connectivity index (χ3n) is 4.72. The maximum absolute atomic E-state index is 12.7. The van der Waals surface area contributed by atoms with Crippen LogP contribution in [0.15, 0.2) is 42.5 Å². The molecule has 0 bridgehead atoms. The monoisotopic (exact) mass is 397 g/mol. The normalized spacial score (nSPS) is 13.4. The molecule has 0 aromatic heterocycles. The second-order valence-corrected chi connectivity index (χ2v) is 6.71. The molecule has 0 saturated carbocycles. The topological polar surface area (TPSA) is 82.1 Å². The van der Waals surface area contributed by atoms with Crippen LogP contribution in [0.2, 0.25) is 0 Å². The van der Waals surface area contributed by atoms with Gasteiger partial charge >= 0.3 is 5.97 Å². The molecule has 0 unspecified atom stereocenters. The van der Waals surface area contributed by atoms with Gasteiger partial charge in [0.1, 0.15) is 0 Å². The second-order valence-electron chi connectivity index (χ2n) is 6.71. The largest absolute Gasteiger partial charge is 0.493 e. The number of nitrogens with zero attached hydrogens (tertiary/aromatic N) is 1. The predicted molar refractivity (Wildman–Crippen MR) is 107 cm³/mol. The second kappa shape index (κ2) is 8.77. The lowest BCUT2D eigenvalue weighted by molar-refractivity contribution is -0.155. The summed E-state index contributed by atoms with van der Waals surface area (Å²) in [5, 5.41) is 0. The summed E-state index contributed by atoms with van der Waals surface area (Å²) in [7, 11) is 1.44. The summed E-state index contributed by atoms with van der Waals surface area (Å²) in [6.07, 6.45) is -0.152. The Hall–Kier alpha value is -3.35. The molecule has 1 heterocycles. The summed E-state index contributed by atoms with van der Waals surface area (Å²) in [4.78, 5) is 37.9. The number of rotatable bonds is 7. The zero-order chi connectivity index (χ0) is 21.0. The van der Waals surface area contributed by atoms with Crippen LogP contribution < -0.4 is 14.4 Å². The lowest BCUT2D eigenvalue weighted by Crippen LogP contribution is -2.39. The summed E-state index contributed by atoms with van der Waals surface area (Å²) < 4.78 is 15.9. The zero-order valence-corrected chi connectivity index (χ0v) is 16.6. The van der Waals surface area contributed by atoms with Crippen molar-refractivity contribution in [1.29, 1.82) is 0 Å². The van der Waals surface area contributed by atoms with Crippen LogP contribution in [0.25, 0.3) is 0 Å². The Morgan fingerprint density at radius 2 is 1.86 bits per heavy atom. The maximum atomic E-state index is 12.7. The highest BCUT2D eigenvalue weighted by Crippen LogP contribution is 2.29. The molecule has 1 amide bonds. The van der Waals surface area contributed by atoms with Crippen molar-refractivity contribution in [2.45, 2.75) is 26.4 Å². The number of esters is 1. The SMILES string of the molecule is COc1cc(C(C)=O)ccc1OCC(=O)O[C@H](C)C(=O)N1CCc2ccccc21. The van der Waals surface area contributed by atoms with Crippen molar-refractivity contribution in [1.82, 2.24) is 0 Å². The van der Waals surface area contributed by atoms with E-state index < -0.39 is 12.1 Å². The van der Waals surface area contributed by atoms with Crippen molar-refractivity contribution in [2.24, 2.45) is 0 Å². The molecule has 0 saturated heterocycles. The summed E-state index contributed by atoms with van der Waals surface area (Å²) >= 11 is 0. The third kappa shape index (κ3) is 4.56. The number of methoxy groups -OCH3 is 1. The van der Waals surface area contributed by atoms with Gasteiger partial charge in [0.05, 0.1) is 7.11 Å². The molecule has 1 aliphatic heterocycles. The van der Waals surface area contributed by atoms with E-state index in [9.17, 15) is 14.4 Å². The summed E-state index contributed by atoms with van der Waals surface area (Å²) in [5.41, 5.74) is 2.43. The average Bonchev–Trinajstić information content (AvgIpc) is 3.15. The summed E-state index contributed by atoms with van der Waals surface area (Å²) in [5.74, 6) is -0.405. The van der Waals surface area contributed by atoms with Gasteiger partial charge in [0.15, 0.2) is 30.0 Å². The first-order valence-electron chi connectivity index (χ1n) is 9.31. The Labute approximate surface area is 169 Å². The average molecular weight is 397 g/mol. The van der Waals surface area contributed by atoms with Gasteiger partial charge in [-0.2, -0.15) is 0 Å². The van der Waals surface area contributed by atoms with E-state index in [1.807, 2.05) is 24.3 Å². The smallest absolute Gasteiger partial charge is 0.344 e. The summed E-state index contributed by atoms with van der Waals surface area (Å²) in [6, 6.07) is 12.4. The number of benzene rings is 2. The first-order valence-corrected chi connectivity index (χ1v) is 9.31. The number of ketones is 1. The Morgan fingerprint density at radius 3 is 2.59 bits per heavy atom. The Balaban J connectivity index is 1.57. The highest BCUT2D eigenvalue weighted by Gasteiger charge is 2.29. The number of Topliss-reactive ketones (excluding diaryl/α,β-unsaturated/α-hetero) is 1. The molecular formula is C22H23NO6. The molecular weight excluding hydrogens is 374 g/mol. The fourth-order valence-electron chi connectivity index (χ4n) is 3.21. The van der Waals surface area contributed by atoms with Crippen LogP contribution in [-0.4, -0.2) is 44.0 Å². The van der Waals surface area contributed by atoms with Gasteiger partial charge in [-0.1, -0.05) is 18.2 Å². The molecule has 0 N–H and O–H groups in total. The molecule has 7 heteroatoms. The fourth-order valence-corrected chi connectivity index (χ4v) is 3.21. The molecule has 0 aliphatic carbocycles. The molecule has 2 aromatic rings.